The molecule has 0 atom stereocenters. The number of carbonyl (C=O) groups excluding carboxylic acids is 2. The van der Waals surface area contributed by atoms with E-state index >= 15 is 0 Å². The Bertz CT molecular complexity index is 1230. The van der Waals surface area contributed by atoms with Crippen molar-refractivity contribution in [1.82, 2.24) is 20.0 Å². The van der Waals surface area contributed by atoms with Gasteiger partial charge in [0.25, 0.3) is 5.91 Å². The highest BCUT2D eigenvalue weighted by Crippen LogP contribution is 2.29. The summed E-state index contributed by atoms with van der Waals surface area (Å²) in [5.41, 5.74) is 3.74. The number of likely N-dealkylation sites (tertiary alicyclic amines) is 1. The summed E-state index contributed by atoms with van der Waals surface area (Å²) in [7, 11) is 0. The van der Waals surface area contributed by atoms with E-state index in [0.29, 0.717) is 50.2 Å². The minimum atomic E-state index is -0.939. The Morgan fingerprint density at radius 1 is 1.00 bits per heavy atom. The predicted molar refractivity (Wildman–Crippen MR) is 127 cm³/mol. The standard InChI is InChI=1S/C27H28F2N4O2/c28-22-11-10-20(17-23(22)29)33-24-8-4-7-21(24)26(31-33)27(35)32-15-13-19(14-16-32)30-25(34)12-9-18-5-2-1-3-6-18/h1-3,5-6,10-11,17,19H,4,7-9,12-16H2,(H,30,34). The Labute approximate surface area is 202 Å². The number of carbonyl (C=O) groups is 2. The molecule has 3 aromatic rings. The van der Waals surface area contributed by atoms with Gasteiger partial charge in [-0.25, -0.2) is 13.5 Å². The summed E-state index contributed by atoms with van der Waals surface area (Å²) in [5, 5.41) is 7.64. The number of piperidine rings is 1. The molecule has 0 radical (unpaired) electrons. The van der Waals surface area contributed by atoms with Gasteiger partial charge in [0, 0.05) is 42.9 Å². The minimum absolute atomic E-state index is 0.0294. The molecule has 1 saturated heterocycles. The number of nitrogens with zero attached hydrogens (tertiary/aromatic N) is 3. The van der Waals surface area contributed by atoms with Crippen molar-refractivity contribution in [2.45, 2.75) is 51.0 Å². The number of halogens is 2. The molecule has 8 heteroatoms. The molecule has 1 fully saturated rings. The lowest BCUT2D eigenvalue weighted by molar-refractivity contribution is -0.122. The van der Waals surface area contributed by atoms with Gasteiger partial charge < -0.3 is 10.2 Å². The fourth-order valence-corrected chi connectivity index (χ4v) is 5.02. The molecule has 35 heavy (non-hydrogen) atoms. The highest BCUT2D eigenvalue weighted by atomic mass is 19.2. The molecule has 2 aromatic carbocycles. The molecular formula is C27H28F2N4O2. The monoisotopic (exact) mass is 478 g/mol. The van der Waals surface area contributed by atoms with Gasteiger partial charge in [-0.05, 0) is 56.2 Å². The quantitative estimate of drug-likeness (QED) is 0.583. The van der Waals surface area contributed by atoms with E-state index in [-0.39, 0.29) is 17.9 Å². The molecule has 1 aliphatic carbocycles. The maximum absolute atomic E-state index is 13.8. The van der Waals surface area contributed by atoms with Crippen molar-refractivity contribution in [2.24, 2.45) is 0 Å². The van der Waals surface area contributed by atoms with Crippen LogP contribution in [-0.4, -0.2) is 45.6 Å². The van der Waals surface area contributed by atoms with Crippen LogP contribution in [-0.2, 0) is 24.1 Å². The lowest BCUT2D eigenvalue weighted by Gasteiger charge is -2.32. The Morgan fingerprint density at radius 2 is 1.77 bits per heavy atom. The summed E-state index contributed by atoms with van der Waals surface area (Å²) in [4.78, 5) is 27.5. The Hall–Kier alpha value is -3.55. The fraction of sp³-hybridized carbons (Fsp3) is 0.370. The average Bonchev–Trinajstić information content (AvgIpc) is 3.48. The predicted octanol–water partition coefficient (Wildman–Crippen LogP) is 3.99. The molecule has 2 heterocycles. The molecule has 0 saturated carbocycles. The highest BCUT2D eigenvalue weighted by Gasteiger charge is 2.32. The summed E-state index contributed by atoms with van der Waals surface area (Å²) in [6.07, 6.45) is 4.91. The Balaban J connectivity index is 1.20. The first-order valence-electron chi connectivity index (χ1n) is 12.2. The maximum Gasteiger partial charge on any atom is 0.274 e. The molecule has 1 aliphatic heterocycles. The summed E-state index contributed by atoms with van der Waals surface area (Å²) < 4.78 is 28.8. The van der Waals surface area contributed by atoms with Gasteiger partial charge >= 0.3 is 0 Å². The van der Waals surface area contributed by atoms with Crippen LogP contribution in [0, 0.1) is 11.6 Å². The number of nitrogens with one attached hydrogen (secondary N) is 1. The summed E-state index contributed by atoms with van der Waals surface area (Å²) in [6.45, 7) is 1.07. The number of amides is 2. The number of hydrogen-bond donors (Lipinski definition) is 1. The molecule has 1 aromatic heterocycles. The third-order valence-corrected chi connectivity index (χ3v) is 6.91. The summed E-state index contributed by atoms with van der Waals surface area (Å²) >= 11 is 0. The van der Waals surface area contributed by atoms with Crippen LogP contribution in [0.25, 0.3) is 5.69 Å². The van der Waals surface area contributed by atoms with Crippen LogP contribution in [0.3, 0.4) is 0 Å². The second-order valence-electron chi connectivity index (χ2n) is 9.26. The number of aromatic nitrogens is 2. The van der Waals surface area contributed by atoms with Crippen LogP contribution in [0.2, 0.25) is 0 Å². The highest BCUT2D eigenvalue weighted by molar-refractivity contribution is 5.94. The Kier molecular flexibility index (Phi) is 6.61. The van der Waals surface area contributed by atoms with Crippen LogP contribution in [0.15, 0.2) is 48.5 Å². The summed E-state index contributed by atoms with van der Waals surface area (Å²) in [6, 6.07) is 13.6. The molecular weight excluding hydrogens is 450 g/mol. The van der Waals surface area contributed by atoms with E-state index in [0.717, 1.165) is 48.2 Å². The van der Waals surface area contributed by atoms with E-state index in [4.69, 9.17) is 0 Å². The average molecular weight is 479 g/mol. The van der Waals surface area contributed by atoms with E-state index in [9.17, 15) is 18.4 Å². The van der Waals surface area contributed by atoms with Crippen molar-refractivity contribution in [1.29, 1.82) is 0 Å². The minimum Gasteiger partial charge on any atom is -0.353 e. The summed E-state index contributed by atoms with van der Waals surface area (Å²) in [5.74, 6) is -1.96. The van der Waals surface area contributed by atoms with Crippen molar-refractivity contribution in [2.75, 3.05) is 13.1 Å². The zero-order chi connectivity index (χ0) is 24.4. The topological polar surface area (TPSA) is 67.2 Å². The molecule has 6 nitrogen and oxygen atoms in total. The van der Waals surface area contributed by atoms with Crippen LogP contribution in [0.5, 0.6) is 0 Å². The van der Waals surface area contributed by atoms with Gasteiger partial charge in [-0.1, -0.05) is 30.3 Å². The second kappa shape index (κ2) is 9.98. The number of aryl methyl sites for hydroxylation is 1. The van der Waals surface area contributed by atoms with E-state index in [1.165, 1.54) is 6.07 Å². The van der Waals surface area contributed by atoms with Crippen LogP contribution in [0.1, 0.15) is 53.0 Å². The van der Waals surface area contributed by atoms with Gasteiger partial charge in [-0.15, -0.1) is 0 Å². The van der Waals surface area contributed by atoms with Gasteiger partial charge in [0.2, 0.25) is 5.91 Å². The molecule has 0 unspecified atom stereocenters. The number of rotatable bonds is 6. The van der Waals surface area contributed by atoms with Crippen LogP contribution < -0.4 is 5.32 Å². The smallest absolute Gasteiger partial charge is 0.274 e. The SMILES string of the molecule is O=C(CCc1ccccc1)NC1CCN(C(=O)c2nn(-c3ccc(F)c(F)c3)c3c2CCC3)CC1. The maximum atomic E-state index is 13.8. The fourth-order valence-electron chi connectivity index (χ4n) is 5.02. The van der Waals surface area contributed by atoms with Crippen molar-refractivity contribution in [3.63, 3.8) is 0 Å². The number of fused-ring (bicyclic) bond motifs is 1. The largest absolute Gasteiger partial charge is 0.353 e. The molecule has 2 aliphatic rings. The lowest BCUT2D eigenvalue weighted by atomic mass is 10.0. The van der Waals surface area contributed by atoms with Crippen LogP contribution >= 0.6 is 0 Å². The molecule has 5 rings (SSSR count). The molecule has 1 N–H and O–H groups in total. The lowest BCUT2D eigenvalue weighted by Crippen LogP contribution is -2.46. The van der Waals surface area contributed by atoms with E-state index in [1.807, 2.05) is 30.3 Å². The zero-order valence-corrected chi connectivity index (χ0v) is 19.5. The van der Waals surface area contributed by atoms with Gasteiger partial charge in [0.15, 0.2) is 17.3 Å². The molecule has 0 spiro atoms. The molecule has 182 valence electrons. The van der Waals surface area contributed by atoms with Gasteiger partial charge in [-0.3, -0.25) is 9.59 Å². The zero-order valence-electron chi connectivity index (χ0n) is 19.5. The first-order chi connectivity index (χ1) is 17.0. The number of hydrogen-bond acceptors (Lipinski definition) is 3. The third-order valence-electron chi connectivity index (χ3n) is 6.91. The van der Waals surface area contributed by atoms with Gasteiger partial charge in [-0.2, -0.15) is 5.10 Å². The molecule has 2 amide bonds. The van der Waals surface area contributed by atoms with Gasteiger partial charge in [0.1, 0.15) is 0 Å². The van der Waals surface area contributed by atoms with E-state index in [2.05, 4.69) is 10.4 Å². The Morgan fingerprint density at radius 3 is 2.51 bits per heavy atom. The van der Waals surface area contributed by atoms with Crippen molar-refractivity contribution in [3.8, 4) is 5.69 Å². The third kappa shape index (κ3) is 4.97. The van der Waals surface area contributed by atoms with Gasteiger partial charge in [0.05, 0.1) is 5.69 Å². The van der Waals surface area contributed by atoms with Crippen molar-refractivity contribution >= 4 is 11.8 Å². The van der Waals surface area contributed by atoms with E-state index in [1.54, 1.807) is 9.58 Å². The van der Waals surface area contributed by atoms with Crippen LogP contribution in [0.4, 0.5) is 8.78 Å². The van der Waals surface area contributed by atoms with E-state index < -0.39 is 11.6 Å². The van der Waals surface area contributed by atoms with Crippen molar-refractivity contribution in [3.05, 3.63) is 82.7 Å². The normalized spacial score (nSPS) is 15.8. The van der Waals surface area contributed by atoms with Crippen molar-refractivity contribution < 1.29 is 18.4 Å². The first kappa shape index (κ1) is 23.2. The second-order valence-corrected chi connectivity index (χ2v) is 9.26. The first-order valence-corrected chi connectivity index (χ1v) is 12.2. The number of benzene rings is 2. The molecule has 0 bridgehead atoms.